The number of nitrogens with zero attached hydrogens (tertiary/aromatic N) is 2. The molecule has 0 atom stereocenters. The van der Waals surface area contributed by atoms with Crippen LogP contribution in [0.2, 0.25) is 0 Å². The molecule has 0 aliphatic heterocycles. The van der Waals surface area contributed by atoms with Crippen molar-refractivity contribution in [3.05, 3.63) is 18.2 Å². The Morgan fingerprint density at radius 2 is 2.35 bits per heavy atom. The van der Waals surface area contributed by atoms with E-state index in [-0.39, 0.29) is 12.5 Å². The second-order valence-corrected chi connectivity index (χ2v) is 4.37. The number of carbonyl (C=O) groups excluding carboxylic acids is 1. The Bertz CT molecular complexity index is 347. The molecule has 17 heavy (non-hydrogen) atoms. The summed E-state index contributed by atoms with van der Waals surface area (Å²) in [5, 5.41) is 3.30. The largest absolute Gasteiger partial charge is 0.465 e. The van der Waals surface area contributed by atoms with E-state index in [0.717, 1.165) is 18.8 Å². The molecule has 1 N–H and O–H groups in total. The summed E-state index contributed by atoms with van der Waals surface area (Å²) in [5.41, 5.74) is 0.940. The Hall–Kier alpha value is -1.36. The standard InChI is InChI=1S/C12H21N3O2/c1-4-17-12(16)8-15-7-11(14-9-15)6-13-5-10(2)3/h7,9-10,13H,4-6,8H2,1-3H3. The quantitative estimate of drug-likeness (QED) is 0.726. The van der Waals surface area contributed by atoms with Crippen molar-refractivity contribution in [1.82, 2.24) is 14.9 Å². The molecule has 1 rings (SSSR count). The molecule has 5 nitrogen and oxygen atoms in total. The number of ether oxygens (including phenoxy) is 1. The Morgan fingerprint density at radius 3 is 3.00 bits per heavy atom. The van der Waals surface area contributed by atoms with Crippen molar-refractivity contribution in [2.24, 2.45) is 5.92 Å². The molecule has 5 heteroatoms. The monoisotopic (exact) mass is 239 g/mol. The Morgan fingerprint density at radius 1 is 1.59 bits per heavy atom. The third-order valence-corrected chi connectivity index (χ3v) is 2.16. The van der Waals surface area contributed by atoms with E-state index in [1.807, 2.05) is 6.20 Å². The number of nitrogens with one attached hydrogen (secondary N) is 1. The summed E-state index contributed by atoms with van der Waals surface area (Å²) >= 11 is 0. The third kappa shape index (κ3) is 5.49. The van der Waals surface area contributed by atoms with E-state index < -0.39 is 0 Å². The summed E-state index contributed by atoms with van der Waals surface area (Å²) in [6.07, 6.45) is 3.52. The smallest absolute Gasteiger partial charge is 0.325 e. The minimum Gasteiger partial charge on any atom is -0.465 e. The van der Waals surface area contributed by atoms with E-state index in [9.17, 15) is 4.79 Å². The highest BCUT2D eigenvalue weighted by atomic mass is 16.5. The molecule has 1 aromatic heterocycles. The lowest BCUT2D eigenvalue weighted by molar-refractivity contribution is -0.143. The predicted molar refractivity (Wildman–Crippen MR) is 65.4 cm³/mol. The highest BCUT2D eigenvalue weighted by molar-refractivity contribution is 5.69. The van der Waals surface area contributed by atoms with Gasteiger partial charge in [0.2, 0.25) is 0 Å². The maximum Gasteiger partial charge on any atom is 0.325 e. The van der Waals surface area contributed by atoms with Gasteiger partial charge in [-0.05, 0) is 19.4 Å². The fourth-order valence-electron chi connectivity index (χ4n) is 1.43. The van der Waals surface area contributed by atoms with E-state index in [0.29, 0.717) is 12.5 Å². The van der Waals surface area contributed by atoms with Gasteiger partial charge in [0.1, 0.15) is 6.54 Å². The summed E-state index contributed by atoms with van der Waals surface area (Å²) in [7, 11) is 0. The number of carbonyl (C=O) groups is 1. The minimum atomic E-state index is -0.230. The van der Waals surface area contributed by atoms with E-state index in [4.69, 9.17) is 4.74 Å². The molecule has 1 heterocycles. The molecule has 0 fully saturated rings. The highest BCUT2D eigenvalue weighted by Gasteiger charge is 2.04. The van der Waals surface area contributed by atoms with Crippen LogP contribution in [0.4, 0.5) is 0 Å². The number of hydrogen-bond acceptors (Lipinski definition) is 4. The van der Waals surface area contributed by atoms with Gasteiger partial charge in [-0.1, -0.05) is 13.8 Å². The lowest BCUT2D eigenvalue weighted by atomic mass is 10.2. The minimum absolute atomic E-state index is 0.227. The summed E-state index contributed by atoms with van der Waals surface area (Å²) in [5.74, 6) is 0.392. The maximum atomic E-state index is 11.2. The molecule has 0 saturated carbocycles. The van der Waals surface area contributed by atoms with Crippen LogP contribution in [0.1, 0.15) is 26.5 Å². The number of imidazole rings is 1. The molecule has 0 radical (unpaired) electrons. The van der Waals surface area contributed by atoms with Gasteiger partial charge in [0.05, 0.1) is 18.6 Å². The molecule has 0 unspecified atom stereocenters. The van der Waals surface area contributed by atoms with Gasteiger partial charge in [-0.25, -0.2) is 4.98 Å². The molecular formula is C12H21N3O2. The molecular weight excluding hydrogens is 218 g/mol. The third-order valence-electron chi connectivity index (χ3n) is 2.16. The van der Waals surface area contributed by atoms with Gasteiger partial charge in [-0.15, -0.1) is 0 Å². The number of aromatic nitrogens is 2. The summed E-state index contributed by atoms with van der Waals surface area (Å²) in [6.45, 7) is 8.45. The van der Waals surface area contributed by atoms with E-state index in [1.54, 1.807) is 17.8 Å². The van der Waals surface area contributed by atoms with Crippen molar-refractivity contribution in [2.45, 2.75) is 33.9 Å². The SMILES string of the molecule is CCOC(=O)Cn1cnc(CNCC(C)C)c1. The molecule has 0 amide bonds. The van der Waals surface area contributed by atoms with Gasteiger partial charge in [0, 0.05) is 12.7 Å². The lowest BCUT2D eigenvalue weighted by Gasteiger charge is -2.05. The van der Waals surface area contributed by atoms with Gasteiger partial charge in [-0.2, -0.15) is 0 Å². The average Bonchev–Trinajstić information content (AvgIpc) is 2.65. The van der Waals surface area contributed by atoms with Crippen molar-refractivity contribution in [2.75, 3.05) is 13.2 Å². The lowest BCUT2D eigenvalue weighted by Crippen LogP contribution is -2.19. The van der Waals surface area contributed by atoms with Crippen LogP contribution in [0.5, 0.6) is 0 Å². The van der Waals surface area contributed by atoms with Crippen LogP contribution in [0.15, 0.2) is 12.5 Å². The fourth-order valence-corrected chi connectivity index (χ4v) is 1.43. The first-order valence-corrected chi connectivity index (χ1v) is 5.98. The maximum absolute atomic E-state index is 11.2. The van der Waals surface area contributed by atoms with Gasteiger partial charge >= 0.3 is 5.97 Å². The van der Waals surface area contributed by atoms with Crippen LogP contribution in [0.3, 0.4) is 0 Å². The van der Waals surface area contributed by atoms with Crippen molar-refractivity contribution in [3.8, 4) is 0 Å². The molecule has 0 aliphatic carbocycles. The van der Waals surface area contributed by atoms with Gasteiger partial charge in [0.15, 0.2) is 0 Å². The van der Waals surface area contributed by atoms with Gasteiger partial charge in [-0.3, -0.25) is 4.79 Å². The van der Waals surface area contributed by atoms with Crippen molar-refractivity contribution in [3.63, 3.8) is 0 Å². The van der Waals surface area contributed by atoms with E-state index >= 15 is 0 Å². The second kappa shape index (κ2) is 7.06. The van der Waals surface area contributed by atoms with E-state index in [2.05, 4.69) is 24.1 Å². The van der Waals surface area contributed by atoms with Crippen LogP contribution in [-0.4, -0.2) is 28.7 Å². The summed E-state index contributed by atoms with van der Waals surface area (Å²) in [4.78, 5) is 15.5. The van der Waals surface area contributed by atoms with Crippen LogP contribution in [0.25, 0.3) is 0 Å². The first kappa shape index (κ1) is 13.7. The van der Waals surface area contributed by atoms with Crippen LogP contribution < -0.4 is 5.32 Å². The van der Waals surface area contributed by atoms with Crippen molar-refractivity contribution >= 4 is 5.97 Å². The van der Waals surface area contributed by atoms with Crippen LogP contribution in [0, 0.1) is 5.92 Å². The Balaban J connectivity index is 2.34. The second-order valence-electron chi connectivity index (χ2n) is 4.37. The molecule has 0 bridgehead atoms. The fraction of sp³-hybridized carbons (Fsp3) is 0.667. The number of esters is 1. The Kier molecular flexibility index (Phi) is 5.69. The van der Waals surface area contributed by atoms with Crippen LogP contribution >= 0.6 is 0 Å². The molecule has 0 aliphatic rings. The molecule has 1 aromatic rings. The summed E-state index contributed by atoms with van der Waals surface area (Å²) < 4.78 is 6.60. The summed E-state index contributed by atoms with van der Waals surface area (Å²) in [6, 6.07) is 0. The van der Waals surface area contributed by atoms with Crippen LogP contribution in [-0.2, 0) is 22.6 Å². The number of hydrogen-bond donors (Lipinski definition) is 1. The molecule has 0 spiro atoms. The topological polar surface area (TPSA) is 56.2 Å². The van der Waals surface area contributed by atoms with Crippen molar-refractivity contribution < 1.29 is 9.53 Å². The first-order chi connectivity index (χ1) is 8.11. The molecule has 0 aromatic carbocycles. The van der Waals surface area contributed by atoms with Gasteiger partial charge in [0.25, 0.3) is 0 Å². The normalized spacial score (nSPS) is 10.8. The van der Waals surface area contributed by atoms with Gasteiger partial charge < -0.3 is 14.6 Å². The average molecular weight is 239 g/mol. The Labute approximate surface area is 102 Å². The zero-order chi connectivity index (χ0) is 12.7. The van der Waals surface area contributed by atoms with Crippen molar-refractivity contribution in [1.29, 1.82) is 0 Å². The number of rotatable bonds is 7. The first-order valence-electron chi connectivity index (χ1n) is 5.98. The zero-order valence-electron chi connectivity index (χ0n) is 10.8. The zero-order valence-corrected chi connectivity index (χ0v) is 10.8. The van der Waals surface area contributed by atoms with E-state index in [1.165, 1.54) is 0 Å². The molecule has 0 saturated heterocycles. The highest BCUT2D eigenvalue weighted by Crippen LogP contribution is 1.97. The predicted octanol–water partition coefficient (Wildman–Crippen LogP) is 1.19. The molecule has 96 valence electrons.